The van der Waals surface area contributed by atoms with Gasteiger partial charge in [0.25, 0.3) is 5.91 Å². The van der Waals surface area contributed by atoms with Crippen molar-refractivity contribution in [2.24, 2.45) is 0 Å². The van der Waals surface area contributed by atoms with E-state index in [-0.39, 0.29) is 11.9 Å². The average molecular weight is 666 g/mol. The summed E-state index contributed by atoms with van der Waals surface area (Å²) in [7, 11) is 1.30. The van der Waals surface area contributed by atoms with Gasteiger partial charge in [0.1, 0.15) is 23.1 Å². The fraction of sp³-hybridized carbons (Fsp3) is 0.324. The largest absolute Gasteiger partial charge is 0.467 e. The maximum atomic E-state index is 13.1. The number of nitrogens with zero attached hydrogens (tertiary/aromatic N) is 2. The van der Waals surface area contributed by atoms with Crippen molar-refractivity contribution in [3.05, 3.63) is 89.1 Å². The lowest BCUT2D eigenvalue weighted by Crippen LogP contribution is -2.41. The normalized spacial score (nSPS) is 12.1. The van der Waals surface area contributed by atoms with Crippen molar-refractivity contribution in [2.45, 2.75) is 64.5 Å². The van der Waals surface area contributed by atoms with E-state index in [4.69, 9.17) is 20.9 Å². The van der Waals surface area contributed by atoms with Crippen LogP contribution in [0, 0.1) is 0 Å². The maximum Gasteiger partial charge on any atom is 0.340 e. The summed E-state index contributed by atoms with van der Waals surface area (Å²) in [6.45, 7) is 5.92. The smallest absolute Gasteiger partial charge is 0.340 e. The molecular formula is C37H43N7O5. The van der Waals surface area contributed by atoms with Crippen molar-refractivity contribution < 1.29 is 23.9 Å². The van der Waals surface area contributed by atoms with Gasteiger partial charge in [0.05, 0.1) is 18.1 Å². The van der Waals surface area contributed by atoms with Gasteiger partial charge in [0, 0.05) is 24.0 Å². The zero-order chi connectivity index (χ0) is 35.1. The van der Waals surface area contributed by atoms with E-state index in [1.54, 1.807) is 12.1 Å². The number of hydrogen-bond acceptors (Lipinski definition) is 10. The molecule has 5 rings (SSSR count). The van der Waals surface area contributed by atoms with E-state index in [1.165, 1.54) is 7.11 Å². The van der Waals surface area contributed by atoms with Gasteiger partial charge in [0.15, 0.2) is 0 Å². The number of fused-ring (bicyclic) bond motifs is 2. The molecule has 2 heterocycles. The number of benzene rings is 3. The molecule has 7 N–H and O–H groups in total. The highest BCUT2D eigenvalue weighted by atomic mass is 16.6. The number of aromatic amines is 1. The summed E-state index contributed by atoms with van der Waals surface area (Å²) in [5.74, 6) is -0.842. The van der Waals surface area contributed by atoms with E-state index in [0.29, 0.717) is 47.7 Å². The lowest BCUT2D eigenvalue weighted by molar-refractivity contribution is -0.143. The molecule has 0 unspecified atom stereocenters. The van der Waals surface area contributed by atoms with Gasteiger partial charge >= 0.3 is 11.9 Å². The number of aryl methyl sites for hydroxylation is 2. The molecule has 49 heavy (non-hydrogen) atoms. The molecule has 5 aromatic rings. The van der Waals surface area contributed by atoms with Crippen LogP contribution in [-0.2, 0) is 27.1 Å². The van der Waals surface area contributed by atoms with Crippen LogP contribution < -0.4 is 22.1 Å². The highest BCUT2D eigenvalue weighted by Gasteiger charge is 2.23. The second-order valence-corrected chi connectivity index (χ2v) is 12.9. The Bertz CT molecular complexity index is 1960. The predicted octanol–water partition coefficient (Wildman–Crippen LogP) is 5.57. The summed E-state index contributed by atoms with van der Waals surface area (Å²) < 4.78 is 10.6. The molecule has 0 radical (unpaired) electrons. The Morgan fingerprint density at radius 2 is 1.65 bits per heavy atom. The van der Waals surface area contributed by atoms with E-state index in [0.717, 1.165) is 46.5 Å². The first kappa shape index (κ1) is 34.7. The van der Waals surface area contributed by atoms with Crippen LogP contribution in [0.25, 0.3) is 21.8 Å². The molecule has 12 nitrogen and oxygen atoms in total. The number of anilines is 3. The van der Waals surface area contributed by atoms with E-state index < -0.39 is 23.6 Å². The van der Waals surface area contributed by atoms with E-state index in [2.05, 4.69) is 25.6 Å². The van der Waals surface area contributed by atoms with Crippen LogP contribution in [0.4, 0.5) is 17.5 Å². The Balaban J connectivity index is 1.15. The number of amides is 1. The summed E-state index contributed by atoms with van der Waals surface area (Å²) in [6, 6.07) is 18.0. The van der Waals surface area contributed by atoms with Crippen LogP contribution in [-0.4, -0.2) is 58.1 Å². The number of H-pyrrole nitrogens is 1. The van der Waals surface area contributed by atoms with E-state index in [1.807, 2.05) is 75.5 Å². The van der Waals surface area contributed by atoms with Gasteiger partial charge < -0.3 is 36.6 Å². The quantitative estimate of drug-likeness (QED) is 0.0786. The van der Waals surface area contributed by atoms with Gasteiger partial charge in [-0.1, -0.05) is 36.4 Å². The molecule has 256 valence electrons. The first-order valence-electron chi connectivity index (χ1n) is 16.3. The van der Waals surface area contributed by atoms with Gasteiger partial charge in [-0.25, -0.2) is 9.59 Å². The number of carbonyl (C=O) groups excluding carboxylic acids is 3. The molecule has 0 spiro atoms. The highest BCUT2D eigenvalue weighted by Crippen LogP contribution is 2.27. The second kappa shape index (κ2) is 15.1. The number of nitrogens with one attached hydrogen (secondary N) is 3. The minimum atomic E-state index is -0.844. The summed E-state index contributed by atoms with van der Waals surface area (Å²) in [5, 5.41) is 8.84. The first-order valence-corrected chi connectivity index (χ1v) is 16.3. The first-order chi connectivity index (χ1) is 23.4. The number of ether oxygens (including phenoxy) is 2. The molecular weight excluding hydrogens is 622 g/mol. The van der Waals surface area contributed by atoms with Gasteiger partial charge in [-0.05, 0) is 99.0 Å². The molecule has 1 amide bonds. The lowest BCUT2D eigenvalue weighted by Gasteiger charge is -2.21. The number of methoxy groups -OCH3 is 1. The number of carbonyl (C=O) groups is 3. The molecule has 0 saturated carbocycles. The molecule has 0 saturated heterocycles. The molecule has 1 atom stereocenters. The summed E-state index contributed by atoms with van der Waals surface area (Å²) in [4.78, 5) is 50.1. The third kappa shape index (κ3) is 8.83. The van der Waals surface area contributed by atoms with Gasteiger partial charge in [-0.2, -0.15) is 9.97 Å². The average Bonchev–Trinajstić information content (AvgIpc) is 3.47. The number of hydrogen-bond donors (Lipinski definition) is 5. The molecule has 2 aromatic heterocycles. The third-order valence-electron chi connectivity index (χ3n) is 8.07. The minimum absolute atomic E-state index is 0.129. The van der Waals surface area contributed by atoms with E-state index in [9.17, 15) is 14.4 Å². The van der Waals surface area contributed by atoms with Crippen molar-refractivity contribution >= 4 is 57.1 Å². The van der Waals surface area contributed by atoms with Crippen molar-refractivity contribution in [3.8, 4) is 0 Å². The number of nitrogens with two attached hydrogens (primary N) is 2. The van der Waals surface area contributed by atoms with Crippen LogP contribution in [0.1, 0.15) is 71.9 Å². The lowest BCUT2D eigenvalue weighted by atomic mass is 10.0. The Labute approximate surface area is 285 Å². The molecule has 0 bridgehead atoms. The van der Waals surface area contributed by atoms with Crippen molar-refractivity contribution in [2.75, 3.05) is 30.4 Å². The van der Waals surface area contributed by atoms with Crippen LogP contribution >= 0.6 is 0 Å². The third-order valence-corrected chi connectivity index (χ3v) is 8.07. The van der Waals surface area contributed by atoms with Gasteiger partial charge in [-0.3, -0.25) is 4.79 Å². The van der Waals surface area contributed by atoms with Crippen LogP contribution in [0.2, 0.25) is 0 Å². The Hall–Kier alpha value is -5.65. The van der Waals surface area contributed by atoms with Gasteiger partial charge in [0.2, 0.25) is 5.95 Å². The van der Waals surface area contributed by atoms with Gasteiger partial charge in [-0.15, -0.1) is 0 Å². The summed E-state index contributed by atoms with van der Waals surface area (Å²) >= 11 is 0. The van der Waals surface area contributed by atoms with Crippen LogP contribution in [0.5, 0.6) is 0 Å². The standard InChI is InChI=1S/C37H43N7O5/c1-37(2,3)49-34(46)27-19-24-10-5-6-11-25(24)20-29(27)40-18-8-13-28(35(47)48-4)42-33(45)23-16-14-22(15-17-23)9-7-12-26-21-41-32-30(26)31(38)43-36(39)44-32/h5-6,10-11,14-17,19-21,28,40H,7-9,12-13,18H2,1-4H3,(H,42,45)(H5,38,39,41,43,44)/t28-/m0/s1. The Morgan fingerprint density at radius 1 is 0.939 bits per heavy atom. The zero-order valence-corrected chi connectivity index (χ0v) is 28.3. The number of esters is 2. The molecule has 0 fully saturated rings. The van der Waals surface area contributed by atoms with Crippen LogP contribution in [0.15, 0.2) is 66.9 Å². The SMILES string of the molecule is COC(=O)[C@H](CCCNc1cc2ccccc2cc1C(=O)OC(C)(C)C)NC(=O)c1ccc(CCCc2c[nH]c3nc(N)nc(N)c23)cc1. The van der Waals surface area contributed by atoms with E-state index >= 15 is 0 Å². The number of nitrogen functional groups attached to an aromatic ring is 2. The predicted molar refractivity (Wildman–Crippen MR) is 191 cm³/mol. The number of rotatable bonds is 13. The van der Waals surface area contributed by atoms with Crippen molar-refractivity contribution in [3.63, 3.8) is 0 Å². The fourth-order valence-electron chi connectivity index (χ4n) is 5.70. The molecule has 12 heteroatoms. The molecule has 0 aliphatic rings. The maximum absolute atomic E-state index is 13.1. The summed E-state index contributed by atoms with van der Waals surface area (Å²) in [6.07, 6.45) is 5.11. The monoisotopic (exact) mass is 665 g/mol. The molecule has 0 aliphatic carbocycles. The second-order valence-electron chi connectivity index (χ2n) is 12.9. The summed E-state index contributed by atoms with van der Waals surface area (Å²) in [5.41, 5.74) is 15.3. The Morgan fingerprint density at radius 3 is 2.35 bits per heavy atom. The molecule has 0 aliphatic heterocycles. The fourth-order valence-corrected chi connectivity index (χ4v) is 5.70. The topological polar surface area (TPSA) is 187 Å². The molecule has 3 aromatic carbocycles. The van der Waals surface area contributed by atoms with Crippen molar-refractivity contribution in [1.82, 2.24) is 20.3 Å². The minimum Gasteiger partial charge on any atom is -0.467 e. The van der Waals surface area contributed by atoms with Crippen molar-refractivity contribution in [1.29, 1.82) is 0 Å². The number of aromatic nitrogens is 3. The zero-order valence-electron chi connectivity index (χ0n) is 28.3. The van der Waals surface area contributed by atoms with Crippen LogP contribution in [0.3, 0.4) is 0 Å². The Kier molecular flexibility index (Phi) is 10.7. The highest BCUT2D eigenvalue weighted by molar-refractivity contribution is 6.02.